The third kappa shape index (κ3) is 4.68. The third-order valence-corrected chi connectivity index (χ3v) is 6.03. The van der Waals surface area contributed by atoms with Crippen molar-refractivity contribution in [3.8, 4) is 5.75 Å². The molecule has 10 heteroatoms. The Morgan fingerprint density at radius 3 is 2.72 bits per heavy atom. The lowest BCUT2D eigenvalue weighted by Gasteiger charge is -2.32. The monoisotopic (exact) mass is 480 g/mol. The molecular formula is C22H20ClF3N4OS. The van der Waals surface area contributed by atoms with Gasteiger partial charge in [0.2, 0.25) is 0 Å². The number of pyridine rings is 1. The fourth-order valence-electron chi connectivity index (χ4n) is 3.35. The third-order valence-electron chi connectivity index (χ3n) is 4.89. The van der Waals surface area contributed by atoms with Gasteiger partial charge in [-0.3, -0.25) is 0 Å². The minimum absolute atomic E-state index is 0.328. The number of nitrogens with one attached hydrogen (secondary N) is 2. The summed E-state index contributed by atoms with van der Waals surface area (Å²) in [7, 11) is 1.84. The highest BCUT2D eigenvalue weighted by molar-refractivity contribution is 8.00. The number of halogens is 4. The molecule has 0 saturated carbocycles. The second-order valence-corrected chi connectivity index (χ2v) is 8.45. The maximum atomic E-state index is 13.2. The van der Waals surface area contributed by atoms with Gasteiger partial charge in [-0.15, -0.1) is 0 Å². The van der Waals surface area contributed by atoms with Crippen molar-refractivity contribution in [3.63, 3.8) is 0 Å². The van der Waals surface area contributed by atoms with E-state index >= 15 is 0 Å². The zero-order valence-electron chi connectivity index (χ0n) is 17.3. The van der Waals surface area contributed by atoms with Crippen LogP contribution in [0.4, 0.5) is 36.1 Å². The molecule has 1 aliphatic rings. The van der Waals surface area contributed by atoms with Crippen LogP contribution in [0.25, 0.3) is 0 Å². The second kappa shape index (κ2) is 8.99. The Labute approximate surface area is 193 Å². The quantitative estimate of drug-likeness (QED) is 0.394. The van der Waals surface area contributed by atoms with Crippen molar-refractivity contribution < 1.29 is 17.9 Å². The van der Waals surface area contributed by atoms with E-state index in [-0.39, 0.29) is 5.02 Å². The molecule has 0 spiro atoms. The second-order valence-electron chi connectivity index (χ2n) is 7.16. The summed E-state index contributed by atoms with van der Waals surface area (Å²) in [6.07, 6.45) is -2.76. The molecule has 0 bridgehead atoms. The molecule has 2 aromatic carbocycles. The average Bonchev–Trinajstić information content (AvgIpc) is 2.77. The molecule has 1 aromatic heterocycles. The number of fused-ring (bicyclic) bond motifs is 1. The van der Waals surface area contributed by atoms with Crippen molar-refractivity contribution in [1.29, 1.82) is 0 Å². The lowest BCUT2D eigenvalue weighted by Crippen LogP contribution is -2.29. The Hall–Kier alpha value is -2.78. The maximum Gasteiger partial charge on any atom is 0.417 e. The molecule has 0 unspecified atom stereocenters. The standard InChI is InChI=1S/C22H20ClF3N4OS/c1-13-9-18(29-32-15-4-5-17(23)16(11-15)22(24,25)26)21(28-12-13)30-7-8-31-20-10-14(27-2)3-6-19(20)30/h3-6,9-12,27,29H,7-8H2,1-2H3. The largest absolute Gasteiger partial charge is 0.489 e. The van der Waals surface area contributed by atoms with Gasteiger partial charge in [-0.05, 0) is 60.8 Å². The minimum atomic E-state index is -4.52. The predicted molar refractivity (Wildman–Crippen MR) is 123 cm³/mol. The first-order valence-corrected chi connectivity index (χ1v) is 10.9. The lowest BCUT2D eigenvalue weighted by atomic mass is 10.2. The highest BCUT2D eigenvalue weighted by atomic mass is 35.5. The van der Waals surface area contributed by atoms with Gasteiger partial charge in [-0.1, -0.05) is 11.6 Å². The number of rotatable bonds is 5. The summed E-state index contributed by atoms with van der Waals surface area (Å²) in [6.45, 7) is 2.97. The number of hydrogen-bond donors (Lipinski definition) is 2. The van der Waals surface area contributed by atoms with Gasteiger partial charge in [0.05, 0.1) is 28.5 Å². The highest BCUT2D eigenvalue weighted by Gasteiger charge is 2.33. The van der Waals surface area contributed by atoms with Gasteiger partial charge in [-0.2, -0.15) is 13.2 Å². The van der Waals surface area contributed by atoms with Crippen molar-refractivity contribution >= 4 is 46.4 Å². The van der Waals surface area contributed by atoms with E-state index in [9.17, 15) is 13.2 Å². The van der Waals surface area contributed by atoms with Gasteiger partial charge in [0, 0.05) is 29.9 Å². The summed E-state index contributed by atoms with van der Waals surface area (Å²) < 4.78 is 48.6. The normalized spacial score (nSPS) is 13.4. The Morgan fingerprint density at radius 1 is 1.16 bits per heavy atom. The number of aromatic nitrogens is 1. The fourth-order valence-corrected chi connectivity index (χ4v) is 4.26. The van der Waals surface area contributed by atoms with Crippen LogP contribution in [-0.4, -0.2) is 25.2 Å². The Bertz CT molecular complexity index is 1140. The predicted octanol–water partition coefficient (Wildman–Crippen LogP) is 6.75. The van der Waals surface area contributed by atoms with Crippen LogP contribution in [0.3, 0.4) is 0 Å². The first-order chi connectivity index (χ1) is 15.3. The molecule has 3 aromatic rings. The summed E-state index contributed by atoms with van der Waals surface area (Å²) in [5.74, 6) is 1.39. The zero-order chi connectivity index (χ0) is 22.9. The number of ether oxygens (including phenoxy) is 1. The van der Waals surface area contributed by atoms with E-state index in [1.807, 2.05) is 43.1 Å². The van der Waals surface area contributed by atoms with E-state index in [1.165, 1.54) is 6.07 Å². The molecule has 0 fully saturated rings. The van der Waals surface area contributed by atoms with Crippen LogP contribution in [0, 0.1) is 6.92 Å². The molecule has 1 aliphatic heterocycles. The van der Waals surface area contributed by atoms with Crippen molar-refractivity contribution in [2.24, 2.45) is 0 Å². The van der Waals surface area contributed by atoms with E-state index in [0.717, 1.165) is 40.7 Å². The van der Waals surface area contributed by atoms with Crippen molar-refractivity contribution in [2.45, 2.75) is 18.0 Å². The maximum absolute atomic E-state index is 13.2. The number of hydrogen-bond acceptors (Lipinski definition) is 6. The molecule has 2 N–H and O–H groups in total. The van der Waals surface area contributed by atoms with Gasteiger partial charge in [0.1, 0.15) is 12.4 Å². The SMILES string of the molecule is CNc1ccc2c(c1)OCCN2c1ncc(C)cc1NSc1ccc(Cl)c(C(F)(F)F)c1. The van der Waals surface area contributed by atoms with Crippen molar-refractivity contribution in [1.82, 2.24) is 4.98 Å². The number of benzene rings is 2. The Kier molecular flexibility index (Phi) is 6.30. The van der Waals surface area contributed by atoms with Crippen LogP contribution in [-0.2, 0) is 6.18 Å². The van der Waals surface area contributed by atoms with E-state index in [4.69, 9.17) is 16.3 Å². The molecule has 168 valence electrons. The van der Waals surface area contributed by atoms with Crippen LogP contribution in [0.15, 0.2) is 53.6 Å². The summed E-state index contributed by atoms with van der Waals surface area (Å²) in [5, 5.41) is 2.76. The first-order valence-electron chi connectivity index (χ1n) is 9.74. The van der Waals surface area contributed by atoms with E-state index in [1.54, 1.807) is 12.3 Å². The Morgan fingerprint density at radius 2 is 1.97 bits per heavy atom. The van der Waals surface area contributed by atoms with Crippen LogP contribution in [0.1, 0.15) is 11.1 Å². The van der Waals surface area contributed by atoms with Gasteiger partial charge >= 0.3 is 6.18 Å². The van der Waals surface area contributed by atoms with Crippen LogP contribution in [0.2, 0.25) is 5.02 Å². The summed E-state index contributed by atoms with van der Waals surface area (Å²) in [4.78, 5) is 7.02. The molecule has 32 heavy (non-hydrogen) atoms. The van der Waals surface area contributed by atoms with Crippen LogP contribution in [0.5, 0.6) is 5.75 Å². The highest BCUT2D eigenvalue weighted by Crippen LogP contribution is 2.42. The molecule has 0 aliphatic carbocycles. The van der Waals surface area contributed by atoms with Crippen LogP contribution >= 0.6 is 23.5 Å². The van der Waals surface area contributed by atoms with E-state index < -0.39 is 11.7 Å². The van der Waals surface area contributed by atoms with Gasteiger partial charge in [0.15, 0.2) is 5.82 Å². The molecule has 0 saturated heterocycles. The molecule has 0 amide bonds. The average molecular weight is 481 g/mol. The molecule has 2 heterocycles. The van der Waals surface area contributed by atoms with E-state index in [0.29, 0.717) is 29.6 Å². The number of nitrogens with zero attached hydrogens (tertiary/aromatic N) is 2. The van der Waals surface area contributed by atoms with Crippen molar-refractivity contribution in [2.75, 3.05) is 35.1 Å². The first kappa shape index (κ1) is 22.4. The van der Waals surface area contributed by atoms with Crippen LogP contribution < -0.4 is 19.7 Å². The number of alkyl halides is 3. The lowest BCUT2D eigenvalue weighted by molar-refractivity contribution is -0.137. The van der Waals surface area contributed by atoms with Gasteiger partial charge in [0.25, 0.3) is 0 Å². The fraction of sp³-hybridized carbons (Fsp3) is 0.227. The van der Waals surface area contributed by atoms with Crippen molar-refractivity contribution in [3.05, 3.63) is 64.8 Å². The molecule has 0 atom stereocenters. The molecule has 5 nitrogen and oxygen atoms in total. The number of anilines is 4. The van der Waals surface area contributed by atoms with Gasteiger partial charge < -0.3 is 19.7 Å². The Balaban J connectivity index is 1.64. The van der Waals surface area contributed by atoms with Gasteiger partial charge in [-0.25, -0.2) is 4.98 Å². The summed E-state index contributed by atoms with van der Waals surface area (Å²) in [5.41, 5.74) is 2.54. The smallest absolute Gasteiger partial charge is 0.417 e. The number of aryl methyl sites for hydroxylation is 1. The molecular weight excluding hydrogens is 461 g/mol. The summed E-state index contributed by atoms with van der Waals surface area (Å²) in [6, 6.07) is 11.6. The molecule has 0 radical (unpaired) electrons. The minimum Gasteiger partial charge on any atom is -0.489 e. The topological polar surface area (TPSA) is 49.4 Å². The zero-order valence-corrected chi connectivity index (χ0v) is 18.8. The summed E-state index contributed by atoms with van der Waals surface area (Å²) >= 11 is 6.80. The molecule has 4 rings (SSSR count). The van der Waals surface area contributed by atoms with E-state index in [2.05, 4.69) is 15.0 Å².